The Morgan fingerprint density at radius 2 is 1.84 bits per heavy atom. The van der Waals surface area contributed by atoms with Gasteiger partial charge in [-0.3, -0.25) is 4.79 Å². The van der Waals surface area contributed by atoms with E-state index in [1.807, 2.05) is 50.2 Å². The van der Waals surface area contributed by atoms with Crippen LogP contribution in [0.15, 0.2) is 48.5 Å². The Balaban J connectivity index is 1.76. The molecule has 1 N–H and O–H groups in total. The molecular weight excluding hydrogens is 314 g/mol. The lowest BCUT2D eigenvalue weighted by molar-refractivity contribution is -0.128. The quantitative estimate of drug-likeness (QED) is 0.704. The molecule has 0 aliphatic rings. The van der Waals surface area contributed by atoms with Crippen LogP contribution in [0.3, 0.4) is 0 Å². The number of ether oxygens (including phenoxy) is 2. The SMILES string of the molecule is CC[C@@H](Oc1ccccc1C)C(=O)NCCCc1ccc(OC)cc1. The highest BCUT2D eigenvalue weighted by Crippen LogP contribution is 2.19. The summed E-state index contributed by atoms with van der Waals surface area (Å²) < 4.78 is 11.0. The van der Waals surface area contributed by atoms with Crippen LogP contribution in [0.1, 0.15) is 30.9 Å². The van der Waals surface area contributed by atoms with E-state index in [-0.39, 0.29) is 5.91 Å². The number of hydrogen-bond acceptors (Lipinski definition) is 3. The van der Waals surface area contributed by atoms with Gasteiger partial charge < -0.3 is 14.8 Å². The van der Waals surface area contributed by atoms with Crippen molar-refractivity contribution in [3.8, 4) is 11.5 Å². The first-order chi connectivity index (χ1) is 12.1. The van der Waals surface area contributed by atoms with Crippen LogP contribution >= 0.6 is 0 Å². The van der Waals surface area contributed by atoms with Crippen molar-refractivity contribution in [1.29, 1.82) is 0 Å². The number of para-hydroxylation sites is 1. The van der Waals surface area contributed by atoms with E-state index < -0.39 is 6.10 Å². The van der Waals surface area contributed by atoms with Gasteiger partial charge in [0.05, 0.1) is 7.11 Å². The van der Waals surface area contributed by atoms with E-state index in [2.05, 4.69) is 17.4 Å². The molecule has 2 aromatic rings. The first kappa shape index (κ1) is 18.8. The van der Waals surface area contributed by atoms with Gasteiger partial charge in [-0.05, 0) is 55.5 Å². The Morgan fingerprint density at radius 3 is 2.48 bits per heavy atom. The zero-order valence-electron chi connectivity index (χ0n) is 15.2. The summed E-state index contributed by atoms with van der Waals surface area (Å²) in [7, 11) is 1.66. The van der Waals surface area contributed by atoms with Crippen LogP contribution in [0.5, 0.6) is 11.5 Å². The molecule has 25 heavy (non-hydrogen) atoms. The predicted octanol–water partition coefficient (Wildman–Crippen LogP) is 3.91. The van der Waals surface area contributed by atoms with E-state index in [0.717, 1.165) is 29.9 Å². The smallest absolute Gasteiger partial charge is 0.261 e. The van der Waals surface area contributed by atoms with Crippen LogP contribution in [0.4, 0.5) is 0 Å². The third kappa shape index (κ3) is 5.82. The van der Waals surface area contributed by atoms with E-state index in [1.54, 1.807) is 7.11 Å². The van der Waals surface area contributed by atoms with Gasteiger partial charge in [-0.1, -0.05) is 37.3 Å². The molecule has 0 fully saturated rings. The lowest BCUT2D eigenvalue weighted by Crippen LogP contribution is -2.38. The van der Waals surface area contributed by atoms with Crippen LogP contribution in [0.25, 0.3) is 0 Å². The number of amides is 1. The van der Waals surface area contributed by atoms with E-state index in [1.165, 1.54) is 5.56 Å². The molecule has 4 heteroatoms. The summed E-state index contributed by atoms with van der Waals surface area (Å²) in [4.78, 5) is 12.3. The monoisotopic (exact) mass is 341 g/mol. The van der Waals surface area contributed by atoms with E-state index in [9.17, 15) is 4.79 Å². The molecule has 0 spiro atoms. The molecule has 0 aromatic heterocycles. The van der Waals surface area contributed by atoms with Crippen molar-refractivity contribution < 1.29 is 14.3 Å². The number of benzene rings is 2. The molecule has 0 unspecified atom stereocenters. The molecule has 0 bridgehead atoms. The second-order valence-electron chi connectivity index (χ2n) is 6.02. The zero-order chi connectivity index (χ0) is 18.1. The minimum atomic E-state index is -0.456. The summed E-state index contributed by atoms with van der Waals surface area (Å²) in [6, 6.07) is 15.8. The van der Waals surface area contributed by atoms with Crippen LogP contribution in [0.2, 0.25) is 0 Å². The molecule has 1 amide bonds. The van der Waals surface area contributed by atoms with Gasteiger partial charge in [0.1, 0.15) is 11.5 Å². The number of hydrogen-bond donors (Lipinski definition) is 1. The average molecular weight is 341 g/mol. The number of nitrogens with one attached hydrogen (secondary N) is 1. The van der Waals surface area contributed by atoms with Crippen molar-refractivity contribution in [2.45, 2.75) is 39.2 Å². The normalized spacial score (nSPS) is 11.6. The number of carbonyl (C=O) groups is 1. The fraction of sp³-hybridized carbons (Fsp3) is 0.381. The van der Waals surface area contributed by atoms with Gasteiger partial charge >= 0.3 is 0 Å². The topological polar surface area (TPSA) is 47.6 Å². The lowest BCUT2D eigenvalue weighted by atomic mass is 10.1. The molecule has 2 aromatic carbocycles. The second-order valence-corrected chi connectivity index (χ2v) is 6.02. The van der Waals surface area contributed by atoms with Gasteiger partial charge in [0, 0.05) is 6.54 Å². The molecule has 0 radical (unpaired) electrons. The predicted molar refractivity (Wildman–Crippen MR) is 100 cm³/mol. The Labute approximate surface area is 150 Å². The van der Waals surface area contributed by atoms with Gasteiger partial charge in [0.15, 0.2) is 6.10 Å². The largest absolute Gasteiger partial charge is 0.497 e. The minimum Gasteiger partial charge on any atom is -0.497 e. The Morgan fingerprint density at radius 1 is 1.12 bits per heavy atom. The van der Waals surface area contributed by atoms with Crippen molar-refractivity contribution >= 4 is 5.91 Å². The molecule has 2 rings (SSSR count). The van der Waals surface area contributed by atoms with Crippen LogP contribution in [0, 0.1) is 6.92 Å². The van der Waals surface area contributed by atoms with Gasteiger partial charge in [0.2, 0.25) is 0 Å². The highest BCUT2D eigenvalue weighted by molar-refractivity contribution is 5.81. The summed E-state index contributed by atoms with van der Waals surface area (Å²) in [6.07, 6.45) is 1.99. The molecule has 0 heterocycles. The number of methoxy groups -OCH3 is 1. The van der Waals surface area contributed by atoms with Gasteiger partial charge in [-0.15, -0.1) is 0 Å². The molecule has 0 saturated heterocycles. The van der Waals surface area contributed by atoms with Crippen LogP contribution < -0.4 is 14.8 Å². The first-order valence-corrected chi connectivity index (χ1v) is 8.77. The third-order valence-electron chi connectivity index (χ3n) is 4.13. The average Bonchev–Trinajstić information content (AvgIpc) is 2.65. The molecule has 0 saturated carbocycles. The maximum atomic E-state index is 12.3. The van der Waals surface area contributed by atoms with Crippen LogP contribution in [-0.4, -0.2) is 25.7 Å². The van der Waals surface area contributed by atoms with Gasteiger partial charge in [-0.25, -0.2) is 0 Å². The fourth-order valence-electron chi connectivity index (χ4n) is 2.57. The summed E-state index contributed by atoms with van der Waals surface area (Å²) >= 11 is 0. The van der Waals surface area contributed by atoms with E-state index in [0.29, 0.717) is 13.0 Å². The van der Waals surface area contributed by atoms with E-state index >= 15 is 0 Å². The molecule has 1 atom stereocenters. The molecule has 4 nitrogen and oxygen atoms in total. The Bertz CT molecular complexity index is 667. The Kier molecular flexibility index (Phi) is 7.33. The standard InChI is InChI=1S/C21H27NO3/c1-4-19(25-20-10-6-5-8-16(20)2)21(23)22-15-7-9-17-11-13-18(24-3)14-12-17/h5-6,8,10-14,19H,4,7,9,15H2,1-3H3,(H,22,23)/t19-/m1/s1. The van der Waals surface area contributed by atoms with Crippen molar-refractivity contribution in [1.82, 2.24) is 5.32 Å². The first-order valence-electron chi connectivity index (χ1n) is 8.77. The van der Waals surface area contributed by atoms with Crippen molar-refractivity contribution in [2.24, 2.45) is 0 Å². The van der Waals surface area contributed by atoms with E-state index in [4.69, 9.17) is 9.47 Å². The number of carbonyl (C=O) groups excluding carboxylic acids is 1. The second kappa shape index (κ2) is 9.72. The lowest BCUT2D eigenvalue weighted by Gasteiger charge is -2.18. The third-order valence-corrected chi connectivity index (χ3v) is 4.13. The number of rotatable bonds is 9. The molecular formula is C21H27NO3. The fourth-order valence-corrected chi connectivity index (χ4v) is 2.57. The van der Waals surface area contributed by atoms with Crippen molar-refractivity contribution in [3.63, 3.8) is 0 Å². The maximum Gasteiger partial charge on any atom is 0.261 e. The maximum absolute atomic E-state index is 12.3. The highest BCUT2D eigenvalue weighted by Gasteiger charge is 2.18. The number of aryl methyl sites for hydroxylation is 2. The minimum absolute atomic E-state index is 0.0551. The zero-order valence-corrected chi connectivity index (χ0v) is 15.2. The van der Waals surface area contributed by atoms with Crippen LogP contribution in [-0.2, 0) is 11.2 Å². The molecule has 0 aliphatic heterocycles. The molecule has 0 aliphatic carbocycles. The van der Waals surface area contributed by atoms with Gasteiger partial charge in [0.25, 0.3) is 5.91 Å². The summed E-state index contributed by atoms with van der Waals surface area (Å²) in [5.41, 5.74) is 2.27. The van der Waals surface area contributed by atoms with Crippen molar-refractivity contribution in [2.75, 3.05) is 13.7 Å². The summed E-state index contributed by atoms with van der Waals surface area (Å²) in [5.74, 6) is 1.57. The Hall–Kier alpha value is -2.49. The summed E-state index contributed by atoms with van der Waals surface area (Å²) in [5, 5.41) is 2.98. The van der Waals surface area contributed by atoms with Gasteiger partial charge in [-0.2, -0.15) is 0 Å². The molecule has 134 valence electrons. The van der Waals surface area contributed by atoms with Crippen molar-refractivity contribution in [3.05, 3.63) is 59.7 Å². The summed E-state index contributed by atoms with van der Waals surface area (Å²) in [6.45, 7) is 4.58. The highest BCUT2D eigenvalue weighted by atomic mass is 16.5.